The third-order valence-electron chi connectivity index (χ3n) is 6.20. The van der Waals surface area contributed by atoms with E-state index in [9.17, 15) is 14.7 Å². The molecule has 0 aliphatic carbocycles. The van der Waals surface area contributed by atoms with Gasteiger partial charge in [0.05, 0.1) is 24.8 Å². The number of amides is 1. The summed E-state index contributed by atoms with van der Waals surface area (Å²) >= 11 is 5.99. The zero-order valence-electron chi connectivity index (χ0n) is 19.5. The van der Waals surface area contributed by atoms with Crippen LogP contribution < -0.4 is 4.74 Å². The van der Waals surface area contributed by atoms with Crippen LogP contribution in [0.1, 0.15) is 23.6 Å². The summed E-state index contributed by atoms with van der Waals surface area (Å²) in [7, 11) is 0. The Morgan fingerprint density at radius 1 is 1.09 bits per heavy atom. The quantitative estimate of drug-likeness (QED) is 0.244. The van der Waals surface area contributed by atoms with Crippen LogP contribution in [0.25, 0.3) is 5.76 Å². The van der Waals surface area contributed by atoms with Gasteiger partial charge in [-0.25, -0.2) is 0 Å². The van der Waals surface area contributed by atoms with Gasteiger partial charge >= 0.3 is 0 Å². The predicted octanol–water partition coefficient (Wildman–Crippen LogP) is 4.05. The molecule has 1 amide bonds. The first-order valence-electron chi connectivity index (χ1n) is 11.7. The van der Waals surface area contributed by atoms with Crippen molar-refractivity contribution in [3.63, 3.8) is 0 Å². The molecule has 4 rings (SSSR count). The van der Waals surface area contributed by atoms with E-state index >= 15 is 0 Å². The van der Waals surface area contributed by atoms with E-state index in [0.29, 0.717) is 49.1 Å². The maximum Gasteiger partial charge on any atom is 0.295 e. The minimum Gasteiger partial charge on any atom is -0.507 e. The number of ether oxygens (including phenoxy) is 2. The van der Waals surface area contributed by atoms with Crippen molar-refractivity contribution in [2.24, 2.45) is 0 Å². The van der Waals surface area contributed by atoms with Crippen LogP contribution in [0.2, 0.25) is 5.02 Å². The summed E-state index contributed by atoms with van der Waals surface area (Å²) in [6.07, 6.45) is 2.36. The van der Waals surface area contributed by atoms with Crippen LogP contribution in [-0.4, -0.2) is 72.6 Å². The molecule has 2 aromatic rings. The molecular weight excluding hydrogens is 468 g/mol. The number of likely N-dealkylation sites (tertiary alicyclic amines) is 1. The van der Waals surface area contributed by atoms with Gasteiger partial charge in [0, 0.05) is 36.8 Å². The Balaban J connectivity index is 1.65. The standard InChI is InChI=1S/C27H29ClN2O5/c1-2-16-35-22-10-6-19(7-11-22)24-23(25(31)20-4-8-21(28)9-5-20)26(32)27(33)30(24)13-3-12-29-14-17-34-18-15-29/h2,4-11,24,31H,1,3,12-18H2/b25-23+/t24-/m0/s1. The SMILES string of the molecule is C=CCOc1ccc([C@H]2/C(=C(\O)c3ccc(Cl)cc3)C(=O)C(=O)N2CCCN2CCOCC2)cc1. The maximum absolute atomic E-state index is 13.2. The van der Waals surface area contributed by atoms with Crippen molar-refractivity contribution in [3.8, 4) is 5.75 Å². The van der Waals surface area contributed by atoms with E-state index in [-0.39, 0.29) is 11.3 Å². The molecule has 2 fully saturated rings. The summed E-state index contributed by atoms with van der Waals surface area (Å²) in [5, 5.41) is 11.6. The fraction of sp³-hybridized carbons (Fsp3) is 0.333. The molecule has 0 saturated carbocycles. The largest absolute Gasteiger partial charge is 0.507 e. The number of carbonyl (C=O) groups is 2. The molecule has 184 valence electrons. The molecular formula is C27H29ClN2O5. The van der Waals surface area contributed by atoms with E-state index in [1.807, 2.05) is 12.1 Å². The van der Waals surface area contributed by atoms with Crippen molar-refractivity contribution in [1.82, 2.24) is 9.80 Å². The summed E-state index contributed by atoms with van der Waals surface area (Å²) in [4.78, 5) is 30.1. The molecule has 7 nitrogen and oxygen atoms in total. The van der Waals surface area contributed by atoms with Crippen LogP contribution in [0.5, 0.6) is 5.75 Å². The molecule has 2 saturated heterocycles. The second-order valence-corrected chi connectivity index (χ2v) is 8.91. The first-order valence-corrected chi connectivity index (χ1v) is 12.1. The number of rotatable bonds is 9. The molecule has 1 N–H and O–H groups in total. The Hall–Kier alpha value is -3.13. The number of nitrogens with zero attached hydrogens (tertiary/aromatic N) is 2. The fourth-order valence-corrected chi connectivity index (χ4v) is 4.54. The molecule has 8 heteroatoms. The van der Waals surface area contributed by atoms with Gasteiger partial charge in [0.25, 0.3) is 11.7 Å². The van der Waals surface area contributed by atoms with Gasteiger partial charge in [-0.1, -0.05) is 36.4 Å². The van der Waals surface area contributed by atoms with Crippen molar-refractivity contribution >= 4 is 29.1 Å². The molecule has 2 aliphatic heterocycles. The van der Waals surface area contributed by atoms with Crippen molar-refractivity contribution in [1.29, 1.82) is 0 Å². The van der Waals surface area contributed by atoms with Crippen LogP contribution in [0.3, 0.4) is 0 Å². The summed E-state index contributed by atoms with van der Waals surface area (Å²) in [6, 6.07) is 13.0. The summed E-state index contributed by atoms with van der Waals surface area (Å²) in [5.41, 5.74) is 1.22. The summed E-state index contributed by atoms with van der Waals surface area (Å²) in [5.74, 6) is -0.872. The molecule has 1 atom stereocenters. The average molecular weight is 497 g/mol. The minimum atomic E-state index is -0.705. The molecule has 0 bridgehead atoms. The maximum atomic E-state index is 13.2. The van der Waals surface area contributed by atoms with Crippen molar-refractivity contribution in [2.45, 2.75) is 12.5 Å². The molecule has 0 radical (unpaired) electrons. The van der Waals surface area contributed by atoms with E-state index in [1.54, 1.807) is 47.4 Å². The third-order valence-corrected chi connectivity index (χ3v) is 6.45. The predicted molar refractivity (Wildman–Crippen MR) is 134 cm³/mol. The lowest BCUT2D eigenvalue weighted by atomic mass is 9.95. The summed E-state index contributed by atoms with van der Waals surface area (Å²) in [6.45, 7) is 8.31. The number of carbonyl (C=O) groups excluding carboxylic acids is 2. The van der Waals surface area contributed by atoms with E-state index < -0.39 is 17.7 Å². The molecule has 2 aliphatic rings. The lowest BCUT2D eigenvalue weighted by molar-refractivity contribution is -0.140. The second-order valence-electron chi connectivity index (χ2n) is 8.48. The van der Waals surface area contributed by atoms with E-state index in [0.717, 1.165) is 25.2 Å². The highest BCUT2D eigenvalue weighted by Crippen LogP contribution is 2.40. The first kappa shape index (κ1) is 25.0. The van der Waals surface area contributed by atoms with E-state index in [4.69, 9.17) is 21.1 Å². The number of aliphatic hydroxyl groups excluding tert-OH is 1. The molecule has 2 heterocycles. The first-order chi connectivity index (χ1) is 17.0. The number of ketones is 1. The molecule has 0 aromatic heterocycles. The van der Waals surface area contributed by atoms with Crippen molar-refractivity contribution < 1.29 is 24.2 Å². The Kier molecular flexibility index (Phi) is 8.23. The van der Waals surface area contributed by atoms with Gasteiger partial charge < -0.3 is 19.5 Å². The minimum absolute atomic E-state index is 0.0726. The Morgan fingerprint density at radius 2 is 1.77 bits per heavy atom. The lowest BCUT2D eigenvalue weighted by Crippen LogP contribution is -2.38. The molecule has 0 unspecified atom stereocenters. The van der Waals surface area contributed by atoms with Gasteiger partial charge in [-0.2, -0.15) is 0 Å². The van der Waals surface area contributed by atoms with Crippen LogP contribution in [0.15, 0.2) is 66.8 Å². The molecule has 2 aromatic carbocycles. The topological polar surface area (TPSA) is 79.3 Å². The number of benzene rings is 2. The number of hydrogen-bond acceptors (Lipinski definition) is 6. The number of aliphatic hydroxyl groups is 1. The highest BCUT2D eigenvalue weighted by molar-refractivity contribution is 6.46. The Morgan fingerprint density at radius 3 is 2.43 bits per heavy atom. The summed E-state index contributed by atoms with van der Waals surface area (Å²) < 4.78 is 11.0. The van der Waals surface area contributed by atoms with Crippen molar-refractivity contribution in [2.75, 3.05) is 46.0 Å². The van der Waals surface area contributed by atoms with Gasteiger partial charge in [-0.05, 0) is 48.4 Å². The van der Waals surface area contributed by atoms with Crippen LogP contribution in [0, 0.1) is 0 Å². The van der Waals surface area contributed by atoms with Crippen LogP contribution in [0.4, 0.5) is 0 Å². The van der Waals surface area contributed by atoms with Crippen LogP contribution >= 0.6 is 11.6 Å². The van der Waals surface area contributed by atoms with Gasteiger partial charge in [-0.15, -0.1) is 0 Å². The highest BCUT2D eigenvalue weighted by Gasteiger charge is 2.45. The van der Waals surface area contributed by atoms with Gasteiger partial charge in [0.15, 0.2) is 0 Å². The Labute approximate surface area is 210 Å². The fourth-order valence-electron chi connectivity index (χ4n) is 4.41. The van der Waals surface area contributed by atoms with Gasteiger partial charge in [0.1, 0.15) is 18.1 Å². The number of morpholine rings is 1. The second kappa shape index (κ2) is 11.5. The smallest absolute Gasteiger partial charge is 0.295 e. The zero-order chi connectivity index (χ0) is 24.8. The Bertz CT molecular complexity index is 1090. The number of Topliss-reactive ketones (excluding diaryl/α,β-unsaturated/α-hetero) is 1. The van der Waals surface area contributed by atoms with E-state index in [1.165, 1.54) is 0 Å². The van der Waals surface area contributed by atoms with E-state index in [2.05, 4.69) is 11.5 Å². The van der Waals surface area contributed by atoms with Crippen molar-refractivity contribution in [3.05, 3.63) is 82.9 Å². The average Bonchev–Trinajstić information content (AvgIpc) is 3.13. The third kappa shape index (κ3) is 5.75. The highest BCUT2D eigenvalue weighted by atomic mass is 35.5. The molecule has 35 heavy (non-hydrogen) atoms. The van der Waals surface area contributed by atoms with Crippen LogP contribution in [-0.2, 0) is 14.3 Å². The van der Waals surface area contributed by atoms with Gasteiger partial charge in [-0.3, -0.25) is 14.5 Å². The number of hydrogen-bond donors (Lipinski definition) is 1. The normalized spacial score (nSPS) is 20.3. The number of halogens is 1. The zero-order valence-corrected chi connectivity index (χ0v) is 20.2. The lowest BCUT2D eigenvalue weighted by Gasteiger charge is -2.29. The monoisotopic (exact) mass is 496 g/mol. The molecule has 0 spiro atoms. The van der Waals surface area contributed by atoms with Gasteiger partial charge in [0.2, 0.25) is 0 Å².